The van der Waals surface area contributed by atoms with Gasteiger partial charge in [0.25, 0.3) is 0 Å². The number of alkyl halides is 3. The Hall–Kier alpha value is -0.670. The zero-order valence-electron chi connectivity index (χ0n) is 4.53. The fourth-order valence-electron chi connectivity index (χ4n) is 0.596. The summed E-state index contributed by atoms with van der Waals surface area (Å²) < 4.78 is 39.2. The average molecular weight is 138 g/mol. The summed E-state index contributed by atoms with van der Waals surface area (Å²) in [6.07, 6.45) is -3.42. The molecule has 1 nitrogen and oxygen atoms in total. The summed E-state index contributed by atoms with van der Waals surface area (Å²) in [6, 6.07) is 0. The standard InChI is InChI=1S/C5H5F3O/c6-5(7,8)4-1-2-9-3-4/h3H,1-2H2. The minimum Gasteiger partial charge on any atom is -0.501 e. The van der Waals surface area contributed by atoms with E-state index in [0.717, 1.165) is 6.26 Å². The molecule has 0 aromatic rings. The Bertz CT molecular complexity index is 136. The normalized spacial score (nSPS) is 19.2. The van der Waals surface area contributed by atoms with Crippen LogP contribution >= 0.6 is 0 Å². The van der Waals surface area contributed by atoms with Crippen molar-refractivity contribution < 1.29 is 17.9 Å². The highest BCUT2D eigenvalue weighted by molar-refractivity contribution is 5.08. The van der Waals surface area contributed by atoms with Crippen LogP contribution < -0.4 is 0 Å². The third-order valence-corrected chi connectivity index (χ3v) is 1.08. The summed E-state index contributed by atoms with van der Waals surface area (Å²) in [6.45, 7) is 0.162. The molecule has 0 fully saturated rings. The molecule has 0 spiro atoms. The minimum absolute atomic E-state index is 0.0104. The van der Waals surface area contributed by atoms with Gasteiger partial charge in [0.1, 0.15) is 0 Å². The smallest absolute Gasteiger partial charge is 0.415 e. The highest BCUT2D eigenvalue weighted by Gasteiger charge is 2.35. The molecule has 0 atom stereocenters. The van der Waals surface area contributed by atoms with Crippen LogP contribution in [0.2, 0.25) is 0 Å². The van der Waals surface area contributed by atoms with E-state index in [1.807, 2.05) is 0 Å². The van der Waals surface area contributed by atoms with Gasteiger partial charge in [0.15, 0.2) is 0 Å². The maximum atomic E-state index is 11.6. The van der Waals surface area contributed by atoms with Gasteiger partial charge in [0.05, 0.1) is 18.4 Å². The maximum absolute atomic E-state index is 11.6. The number of rotatable bonds is 0. The summed E-state index contributed by atoms with van der Waals surface area (Å²) in [7, 11) is 0. The molecule has 1 rings (SSSR count). The van der Waals surface area contributed by atoms with Crippen LogP contribution in [0.15, 0.2) is 11.8 Å². The predicted molar refractivity (Wildman–Crippen MR) is 24.7 cm³/mol. The Balaban J connectivity index is 2.61. The second kappa shape index (κ2) is 1.93. The van der Waals surface area contributed by atoms with Crippen LogP contribution in [-0.4, -0.2) is 12.8 Å². The minimum atomic E-state index is -4.18. The zero-order chi connectivity index (χ0) is 6.91. The predicted octanol–water partition coefficient (Wildman–Crippen LogP) is 1.85. The van der Waals surface area contributed by atoms with E-state index >= 15 is 0 Å². The van der Waals surface area contributed by atoms with Gasteiger partial charge in [-0.2, -0.15) is 13.2 Å². The van der Waals surface area contributed by atoms with Crippen LogP contribution in [0.3, 0.4) is 0 Å². The number of halogens is 3. The fraction of sp³-hybridized carbons (Fsp3) is 0.600. The van der Waals surface area contributed by atoms with Crippen LogP contribution in [0.1, 0.15) is 6.42 Å². The van der Waals surface area contributed by atoms with Crippen LogP contribution in [-0.2, 0) is 4.74 Å². The monoisotopic (exact) mass is 138 g/mol. The summed E-state index contributed by atoms with van der Waals surface area (Å²) in [5, 5.41) is 0. The molecule has 0 N–H and O–H groups in total. The first-order valence-corrected chi connectivity index (χ1v) is 2.48. The molecule has 0 unspecified atom stereocenters. The molecular formula is C5H5F3O. The van der Waals surface area contributed by atoms with Gasteiger partial charge < -0.3 is 4.74 Å². The first-order chi connectivity index (χ1) is 4.11. The lowest BCUT2D eigenvalue weighted by molar-refractivity contribution is -0.0929. The van der Waals surface area contributed by atoms with Gasteiger partial charge in [-0.25, -0.2) is 0 Å². The van der Waals surface area contributed by atoms with Crippen LogP contribution in [0, 0.1) is 0 Å². The molecule has 4 heteroatoms. The van der Waals surface area contributed by atoms with Crippen molar-refractivity contribution >= 4 is 0 Å². The van der Waals surface area contributed by atoms with E-state index in [0.29, 0.717) is 0 Å². The van der Waals surface area contributed by atoms with Crippen LogP contribution in [0.4, 0.5) is 13.2 Å². The molecule has 0 saturated carbocycles. The largest absolute Gasteiger partial charge is 0.501 e. The molecule has 9 heavy (non-hydrogen) atoms. The van der Waals surface area contributed by atoms with Crippen LogP contribution in [0.5, 0.6) is 0 Å². The first kappa shape index (κ1) is 6.45. The highest BCUT2D eigenvalue weighted by atomic mass is 19.4. The SMILES string of the molecule is FC(F)(F)C1=COCC1. The van der Waals surface area contributed by atoms with E-state index in [4.69, 9.17) is 0 Å². The van der Waals surface area contributed by atoms with Gasteiger partial charge in [0.2, 0.25) is 0 Å². The third-order valence-electron chi connectivity index (χ3n) is 1.08. The molecular weight excluding hydrogens is 133 g/mol. The van der Waals surface area contributed by atoms with Gasteiger partial charge in [-0.3, -0.25) is 0 Å². The lowest BCUT2D eigenvalue weighted by Gasteiger charge is -2.02. The number of hydrogen-bond donors (Lipinski definition) is 0. The second-order valence-electron chi connectivity index (χ2n) is 1.76. The van der Waals surface area contributed by atoms with Crippen molar-refractivity contribution in [2.24, 2.45) is 0 Å². The second-order valence-corrected chi connectivity index (χ2v) is 1.76. The Morgan fingerprint density at radius 3 is 2.33 bits per heavy atom. The average Bonchev–Trinajstić information content (AvgIpc) is 2.08. The van der Waals surface area contributed by atoms with Crippen molar-refractivity contribution in [1.82, 2.24) is 0 Å². The van der Waals surface area contributed by atoms with Crippen molar-refractivity contribution in [3.63, 3.8) is 0 Å². The first-order valence-electron chi connectivity index (χ1n) is 2.48. The summed E-state index contributed by atoms with van der Waals surface area (Å²) in [4.78, 5) is 0. The third kappa shape index (κ3) is 1.37. The van der Waals surface area contributed by atoms with Crippen molar-refractivity contribution in [3.05, 3.63) is 11.8 Å². The maximum Gasteiger partial charge on any atom is 0.415 e. The molecule has 0 aromatic heterocycles. The molecule has 1 aliphatic heterocycles. The molecule has 52 valence electrons. The number of ether oxygens (including phenoxy) is 1. The van der Waals surface area contributed by atoms with Gasteiger partial charge in [0, 0.05) is 6.42 Å². The lowest BCUT2D eigenvalue weighted by Crippen LogP contribution is -2.09. The van der Waals surface area contributed by atoms with E-state index in [-0.39, 0.29) is 13.0 Å². The van der Waals surface area contributed by atoms with E-state index in [2.05, 4.69) is 4.74 Å². The molecule has 0 aliphatic carbocycles. The van der Waals surface area contributed by atoms with E-state index < -0.39 is 11.7 Å². The summed E-state index contributed by atoms with van der Waals surface area (Å²) in [5.74, 6) is 0. The quantitative estimate of drug-likeness (QED) is 0.496. The lowest BCUT2D eigenvalue weighted by atomic mass is 10.2. The topological polar surface area (TPSA) is 9.23 Å². The van der Waals surface area contributed by atoms with Gasteiger partial charge in [-0.05, 0) is 0 Å². The van der Waals surface area contributed by atoms with Gasteiger partial charge >= 0.3 is 6.18 Å². The molecule has 0 saturated heterocycles. The molecule has 0 aromatic carbocycles. The Morgan fingerprint density at radius 2 is 2.11 bits per heavy atom. The van der Waals surface area contributed by atoms with E-state index in [1.54, 1.807) is 0 Å². The fourth-order valence-corrected chi connectivity index (χ4v) is 0.596. The van der Waals surface area contributed by atoms with Crippen LogP contribution in [0.25, 0.3) is 0 Å². The highest BCUT2D eigenvalue weighted by Crippen LogP contribution is 2.30. The van der Waals surface area contributed by atoms with Crippen molar-refractivity contribution in [2.45, 2.75) is 12.6 Å². The van der Waals surface area contributed by atoms with Crippen molar-refractivity contribution in [2.75, 3.05) is 6.61 Å². The Morgan fingerprint density at radius 1 is 1.44 bits per heavy atom. The summed E-state index contributed by atoms with van der Waals surface area (Å²) in [5.41, 5.74) is -0.567. The molecule has 0 radical (unpaired) electrons. The van der Waals surface area contributed by atoms with Gasteiger partial charge in [-0.1, -0.05) is 0 Å². The molecule has 0 amide bonds. The van der Waals surface area contributed by atoms with E-state index in [9.17, 15) is 13.2 Å². The Labute approximate surface area is 50.1 Å². The van der Waals surface area contributed by atoms with E-state index in [1.165, 1.54) is 0 Å². The van der Waals surface area contributed by atoms with Gasteiger partial charge in [-0.15, -0.1) is 0 Å². The summed E-state index contributed by atoms with van der Waals surface area (Å²) >= 11 is 0. The van der Waals surface area contributed by atoms with Crippen molar-refractivity contribution in [1.29, 1.82) is 0 Å². The van der Waals surface area contributed by atoms with Crippen molar-refractivity contribution in [3.8, 4) is 0 Å². The molecule has 1 heterocycles. The number of hydrogen-bond acceptors (Lipinski definition) is 1. The zero-order valence-corrected chi connectivity index (χ0v) is 4.53. The molecule has 0 bridgehead atoms. The molecule has 1 aliphatic rings. The Kier molecular flexibility index (Phi) is 1.38.